The third-order valence-electron chi connectivity index (χ3n) is 13.0. The molecule has 0 radical (unpaired) electrons. The summed E-state index contributed by atoms with van der Waals surface area (Å²) in [6, 6.07) is 11.1. The molecular formula is C54H90N2O4. The van der Waals surface area contributed by atoms with E-state index in [0.717, 1.165) is 13.1 Å². The van der Waals surface area contributed by atoms with Crippen molar-refractivity contribution in [1.29, 1.82) is 0 Å². The number of phenolic OH excluding ortho intramolecular Hbond substituents is 2. The van der Waals surface area contributed by atoms with Gasteiger partial charge in [0, 0.05) is 50.7 Å². The molecule has 0 fully saturated rings. The molecule has 1 atom stereocenters. The van der Waals surface area contributed by atoms with Crippen LogP contribution in [0.1, 0.15) is 236 Å². The lowest BCUT2D eigenvalue weighted by Crippen LogP contribution is -2.29. The number of rotatable bonds is 38. The van der Waals surface area contributed by atoms with Crippen molar-refractivity contribution in [3.63, 3.8) is 0 Å². The number of benzene rings is 2. The van der Waals surface area contributed by atoms with Gasteiger partial charge in [0.25, 0.3) is 0 Å². The van der Waals surface area contributed by atoms with Gasteiger partial charge in [0.05, 0.1) is 11.1 Å². The fourth-order valence-electron chi connectivity index (χ4n) is 9.09. The molecule has 2 aromatic rings. The van der Waals surface area contributed by atoms with Gasteiger partial charge in [0.15, 0.2) is 5.78 Å². The Morgan fingerprint density at radius 2 is 0.767 bits per heavy atom. The lowest BCUT2D eigenvalue weighted by molar-refractivity contribution is -0.116. The molecule has 1 aliphatic rings. The molecule has 0 saturated carbocycles. The maximum atomic E-state index is 13.4. The van der Waals surface area contributed by atoms with Crippen LogP contribution in [0.15, 0.2) is 42.2 Å². The Morgan fingerprint density at radius 1 is 0.450 bits per heavy atom. The molecule has 340 valence electrons. The number of carbonyl (C=O) groups excluding carboxylic acids is 1. The molecule has 1 unspecified atom stereocenters. The number of aromatic hydroxyl groups is 2. The predicted octanol–water partition coefficient (Wildman–Crippen LogP) is 16.1. The number of ketones is 1. The fraction of sp³-hybridized carbons (Fsp3) is 0.722. The lowest BCUT2D eigenvalue weighted by Gasteiger charge is -2.30. The van der Waals surface area contributed by atoms with E-state index in [1.54, 1.807) is 4.90 Å². The largest absolute Gasteiger partial charge is 0.510 e. The van der Waals surface area contributed by atoms with Gasteiger partial charge in [0.2, 0.25) is 0 Å². The van der Waals surface area contributed by atoms with Crippen molar-refractivity contribution in [3.05, 3.63) is 53.3 Å². The zero-order chi connectivity index (χ0) is 43.2. The number of hydrogen-bond acceptors (Lipinski definition) is 6. The number of aliphatic hydroxyl groups is 1. The maximum absolute atomic E-state index is 13.4. The van der Waals surface area contributed by atoms with Gasteiger partial charge < -0.3 is 25.1 Å². The number of carbonyl (C=O) groups is 1. The topological polar surface area (TPSA) is 84.2 Å². The number of anilines is 2. The first-order valence-corrected chi connectivity index (χ1v) is 25.4. The van der Waals surface area contributed by atoms with Gasteiger partial charge in [0.1, 0.15) is 23.2 Å². The van der Waals surface area contributed by atoms with Crippen molar-refractivity contribution >= 4 is 22.7 Å². The van der Waals surface area contributed by atoms with E-state index in [1.165, 1.54) is 223 Å². The van der Waals surface area contributed by atoms with Gasteiger partial charge >= 0.3 is 0 Å². The number of unbranched alkanes of at least 4 members (excludes halogenated alkanes) is 30. The molecule has 6 nitrogen and oxygen atoms in total. The smallest absolute Gasteiger partial charge is 0.182 e. The molecule has 0 amide bonds. The lowest BCUT2D eigenvalue weighted by atomic mass is 9.74. The molecule has 6 heteroatoms. The van der Waals surface area contributed by atoms with Crippen LogP contribution in [0.4, 0.5) is 11.4 Å². The highest BCUT2D eigenvalue weighted by Crippen LogP contribution is 2.49. The zero-order valence-corrected chi connectivity index (χ0v) is 39.2. The van der Waals surface area contributed by atoms with Crippen LogP contribution in [0.3, 0.4) is 0 Å². The summed E-state index contributed by atoms with van der Waals surface area (Å²) in [5.41, 5.74) is 2.78. The quantitative estimate of drug-likeness (QED) is 0.0585. The minimum absolute atomic E-state index is 0.0623. The van der Waals surface area contributed by atoms with E-state index >= 15 is 0 Å². The average molecular weight is 831 g/mol. The average Bonchev–Trinajstić information content (AvgIpc) is 3.24. The number of Topliss-reactive ketones (excluding diaryl/α,β-unsaturated/α-hetero) is 1. The second-order valence-corrected chi connectivity index (χ2v) is 18.5. The normalized spacial score (nSPS) is 13.9. The SMILES string of the molecule is CCCCCCCCCCCCCCCCCCN(CCCCCCCCCCCCCCCCCC)c1ccc(C2=C(O)C(c3c(O)cc(N(C)C)cc3O)C2=O)cc1. The molecule has 0 bridgehead atoms. The zero-order valence-electron chi connectivity index (χ0n) is 39.2. The molecule has 3 N–H and O–H groups in total. The Balaban J connectivity index is 1.42. The Kier molecular flexibility index (Phi) is 27.0. The standard InChI is InChI=1S/C54H90N2O4/c1-5-7-9-11-13-15-17-19-21-23-25-27-29-31-33-35-41-56(42-36-34-32-30-28-26-24-22-20-18-16-14-12-10-8-6-2)46-39-37-45(38-40-46)50-53(59)52(54(50)60)51-48(57)43-47(55(3)4)44-49(51)58/h37-40,43-44,52,57-59H,5-36,41-42H2,1-4H3. The van der Waals surface area contributed by atoms with Crippen molar-refractivity contribution < 1.29 is 20.1 Å². The molecule has 0 saturated heterocycles. The van der Waals surface area contributed by atoms with Crippen molar-refractivity contribution in [2.45, 2.75) is 225 Å². The highest BCUT2D eigenvalue weighted by molar-refractivity contribution is 6.32. The molecule has 3 rings (SSSR count). The molecule has 0 heterocycles. The van der Waals surface area contributed by atoms with Gasteiger partial charge in [-0.05, 0) is 30.5 Å². The van der Waals surface area contributed by atoms with Crippen LogP contribution >= 0.6 is 0 Å². The Morgan fingerprint density at radius 3 is 1.07 bits per heavy atom. The van der Waals surface area contributed by atoms with Crippen molar-refractivity contribution in [2.75, 3.05) is 37.0 Å². The van der Waals surface area contributed by atoms with Crippen molar-refractivity contribution in [3.8, 4) is 11.5 Å². The van der Waals surface area contributed by atoms with Crippen LogP contribution in [0.5, 0.6) is 11.5 Å². The summed E-state index contributed by atoms with van der Waals surface area (Å²) in [5.74, 6) is -1.85. The van der Waals surface area contributed by atoms with E-state index in [2.05, 4.69) is 30.9 Å². The molecule has 1 aliphatic carbocycles. The van der Waals surface area contributed by atoms with Crippen LogP contribution in [0.25, 0.3) is 5.57 Å². The Bertz CT molecular complexity index is 1390. The second kappa shape index (κ2) is 31.7. The highest BCUT2D eigenvalue weighted by Gasteiger charge is 2.44. The van der Waals surface area contributed by atoms with Crippen LogP contribution in [-0.4, -0.2) is 48.3 Å². The van der Waals surface area contributed by atoms with E-state index in [-0.39, 0.29) is 34.2 Å². The number of allylic oxidation sites excluding steroid dienone is 2. The summed E-state index contributed by atoms with van der Waals surface area (Å²) < 4.78 is 0. The van der Waals surface area contributed by atoms with Crippen LogP contribution in [0.2, 0.25) is 0 Å². The summed E-state index contributed by atoms with van der Waals surface area (Å²) in [7, 11) is 3.62. The summed E-state index contributed by atoms with van der Waals surface area (Å²) in [6.07, 6.45) is 43.9. The molecular weight excluding hydrogens is 741 g/mol. The number of hydrogen-bond donors (Lipinski definition) is 3. The van der Waals surface area contributed by atoms with Crippen molar-refractivity contribution in [1.82, 2.24) is 0 Å². The summed E-state index contributed by atoms with van der Waals surface area (Å²) in [4.78, 5) is 17.7. The molecule has 0 spiro atoms. The molecule has 0 aromatic heterocycles. The first-order chi connectivity index (χ1) is 29.3. The predicted molar refractivity (Wildman–Crippen MR) is 259 cm³/mol. The summed E-state index contributed by atoms with van der Waals surface area (Å²) in [6.45, 7) is 6.65. The number of nitrogens with zero attached hydrogens (tertiary/aromatic N) is 2. The monoisotopic (exact) mass is 831 g/mol. The van der Waals surface area contributed by atoms with Gasteiger partial charge in [-0.15, -0.1) is 0 Å². The van der Waals surface area contributed by atoms with Gasteiger partial charge in [-0.3, -0.25) is 4.79 Å². The maximum Gasteiger partial charge on any atom is 0.182 e. The molecule has 60 heavy (non-hydrogen) atoms. The molecule has 0 aliphatic heterocycles. The van der Waals surface area contributed by atoms with E-state index < -0.39 is 5.92 Å². The van der Waals surface area contributed by atoms with Crippen LogP contribution in [0, 0.1) is 0 Å². The number of phenols is 2. The first kappa shape index (κ1) is 51.2. The van der Waals surface area contributed by atoms with Gasteiger partial charge in [-0.25, -0.2) is 0 Å². The summed E-state index contributed by atoms with van der Waals surface area (Å²) >= 11 is 0. The fourth-order valence-corrected chi connectivity index (χ4v) is 9.09. The van der Waals surface area contributed by atoms with E-state index in [4.69, 9.17) is 0 Å². The minimum Gasteiger partial charge on any atom is -0.510 e. The number of aliphatic hydroxyl groups excluding tert-OH is 1. The summed E-state index contributed by atoms with van der Waals surface area (Å²) in [5, 5.41) is 32.5. The van der Waals surface area contributed by atoms with Gasteiger partial charge in [-0.1, -0.05) is 219 Å². The highest BCUT2D eigenvalue weighted by atomic mass is 16.3. The molecule has 2 aromatic carbocycles. The van der Waals surface area contributed by atoms with Crippen molar-refractivity contribution in [2.24, 2.45) is 0 Å². The Hall–Kier alpha value is -3.15. The third-order valence-corrected chi connectivity index (χ3v) is 13.0. The minimum atomic E-state index is -1.06. The van der Waals surface area contributed by atoms with Crippen LogP contribution < -0.4 is 9.80 Å². The second-order valence-electron chi connectivity index (χ2n) is 18.5. The van der Waals surface area contributed by atoms with Crippen LogP contribution in [-0.2, 0) is 4.79 Å². The van der Waals surface area contributed by atoms with E-state index in [0.29, 0.717) is 11.3 Å². The van der Waals surface area contributed by atoms with E-state index in [1.807, 2.05) is 26.2 Å². The Labute approximate surface area is 368 Å². The van der Waals surface area contributed by atoms with Gasteiger partial charge in [-0.2, -0.15) is 0 Å². The third kappa shape index (κ3) is 19.3. The van der Waals surface area contributed by atoms with E-state index in [9.17, 15) is 20.1 Å². The first-order valence-electron chi connectivity index (χ1n) is 25.4.